The lowest BCUT2D eigenvalue weighted by Crippen LogP contribution is -2.32. The Morgan fingerprint density at radius 1 is 1.32 bits per heavy atom. The Hall–Kier alpha value is -1.43. The van der Waals surface area contributed by atoms with Crippen LogP contribution >= 0.6 is 0 Å². The summed E-state index contributed by atoms with van der Waals surface area (Å²) in [7, 11) is -3.09. The number of hydrogen-bond donors (Lipinski definition) is 1. The second-order valence-corrected chi connectivity index (χ2v) is 6.69. The molecule has 1 aromatic carbocycles. The first-order valence-corrected chi connectivity index (χ1v) is 8.10. The number of carbonyl (C=O) groups excluding carboxylic acids is 1. The van der Waals surface area contributed by atoms with Crippen LogP contribution in [0, 0.1) is 5.82 Å². The molecule has 19 heavy (non-hydrogen) atoms. The average Bonchev–Trinajstić information content (AvgIpc) is 2.31. The number of benzene rings is 1. The van der Waals surface area contributed by atoms with Crippen molar-refractivity contribution in [3.05, 3.63) is 35.6 Å². The van der Waals surface area contributed by atoms with Crippen LogP contribution in [0.1, 0.15) is 24.8 Å². The fourth-order valence-corrected chi connectivity index (χ4v) is 2.22. The highest BCUT2D eigenvalue weighted by atomic mass is 32.2. The molecule has 0 aliphatic heterocycles. The summed E-state index contributed by atoms with van der Waals surface area (Å²) in [5, 5.41) is 2.59. The minimum Gasteiger partial charge on any atom is -0.355 e. The Morgan fingerprint density at radius 2 is 1.89 bits per heavy atom. The summed E-state index contributed by atoms with van der Waals surface area (Å²) in [6, 6.07) is 5.75. The highest BCUT2D eigenvalue weighted by molar-refractivity contribution is 7.90. The molecular weight excluding hydrogens is 269 g/mol. The molecule has 1 unspecified atom stereocenters. The molecule has 0 heterocycles. The van der Waals surface area contributed by atoms with E-state index in [-0.39, 0.29) is 29.9 Å². The lowest BCUT2D eigenvalue weighted by Gasteiger charge is -2.15. The van der Waals surface area contributed by atoms with E-state index in [0.29, 0.717) is 6.42 Å². The van der Waals surface area contributed by atoms with Gasteiger partial charge in [-0.25, -0.2) is 12.8 Å². The Balaban J connectivity index is 2.64. The molecule has 0 aliphatic carbocycles. The summed E-state index contributed by atoms with van der Waals surface area (Å²) in [5.41, 5.74) is 0.723. The lowest BCUT2D eigenvalue weighted by molar-refractivity contribution is -0.122. The zero-order valence-electron chi connectivity index (χ0n) is 11.0. The van der Waals surface area contributed by atoms with Gasteiger partial charge in [0.25, 0.3) is 0 Å². The van der Waals surface area contributed by atoms with Gasteiger partial charge in [-0.1, -0.05) is 19.1 Å². The number of carbonyl (C=O) groups is 1. The van der Waals surface area contributed by atoms with E-state index >= 15 is 0 Å². The second kappa shape index (κ2) is 6.65. The van der Waals surface area contributed by atoms with Crippen LogP contribution in [0.25, 0.3) is 0 Å². The topological polar surface area (TPSA) is 63.2 Å². The SMILES string of the molecule is CCC(C(=O)NCCS(C)(=O)=O)c1ccc(F)cc1. The molecule has 1 amide bonds. The van der Waals surface area contributed by atoms with Crippen LogP contribution in [0.2, 0.25) is 0 Å². The zero-order valence-corrected chi connectivity index (χ0v) is 11.8. The monoisotopic (exact) mass is 287 g/mol. The molecular formula is C13H18FNO3S. The van der Waals surface area contributed by atoms with Crippen molar-refractivity contribution in [1.29, 1.82) is 0 Å². The van der Waals surface area contributed by atoms with Crippen molar-refractivity contribution in [1.82, 2.24) is 5.32 Å². The predicted octanol–water partition coefficient (Wildman–Crippen LogP) is 1.48. The number of amides is 1. The standard InChI is InChI=1S/C13H18FNO3S/c1-3-12(10-4-6-11(14)7-5-10)13(16)15-8-9-19(2,17)18/h4-7,12H,3,8-9H2,1-2H3,(H,15,16). The normalized spacial score (nSPS) is 13.0. The zero-order chi connectivity index (χ0) is 14.5. The molecule has 0 saturated heterocycles. The van der Waals surface area contributed by atoms with Gasteiger partial charge in [-0.3, -0.25) is 4.79 Å². The molecule has 0 spiro atoms. The van der Waals surface area contributed by atoms with Gasteiger partial charge in [0.1, 0.15) is 15.7 Å². The summed E-state index contributed by atoms with van der Waals surface area (Å²) in [6.07, 6.45) is 1.69. The molecule has 6 heteroatoms. The predicted molar refractivity (Wildman–Crippen MR) is 72.2 cm³/mol. The Kier molecular flexibility index (Phi) is 5.47. The fourth-order valence-electron chi connectivity index (χ4n) is 1.75. The lowest BCUT2D eigenvalue weighted by atomic mass is 9.95. The van der Waals surface area contributed by atoms with E-state index in [4.69, 9.17) is 0 Å². The summed E-state index contributed by atoms with van der Waals surface area (Å²) in [5.74, 6) is -1.06. The van der Waals surface area contributed by atoms with Gasteiger partial charge in [0.2, 0.25) is 5.91 Å². The van der Waals surface area contributed by atoms with E-state index in [1.165, 1.54) is 12.1 Å². The first kappa shape index (κ1) is 15.6. The van der Waals surface area contributed by atoms with E-state index in [9.17, 15) is 17.6 Å². The minimum absolute atomic E-state index is 0.0847. The van der Waals surface area contributed by atoms with Gasteiger partial charge in [0.15, 0.2) is 0 Å². The summed E-state index contributed by atoms with van der Waals surface area (Å²) in [4.78, 5) is 11.9. The van der Waals surface area contributed by atoms with Crippen LogP contribution in [0.5, 0.6) is 0 Å². The molecule has 0 aromatic heterocycles. The first-order chi connectivity index (χ1) is 8.83. The van der Waals surface area contributed by atoms with E-state index in [0.717, 1.165) is 11.8 Å². The molecule has 1 rings (SSSR count). The Bertz CT molecular complexity index is 525. The van der Waals surface area contributed by atoms with Crippen LogP contribution in [-0.2, 0) is 14.6 Å². The Labute approximate surface area is 112 Å². The quantitative estimate of drug-likeness (QED) is 0.862. The summed E-state index contributed by atoms with van der Waals surface area (Å²) >= 11 is 0. The fraction of sp³-hybridized carbons (Fsp3) is 0.462. The molecule has 1 aromatic rings. The molecule has 106 valence electrons. The molecule has 0 bridgehead atoms. The van der Waals surface area contributed by atoms with Crippen molar-refractivity contribution in [2.75, 3.05) is 18.6 Å². The van der Waals surface area contributed by atoms with Gasteiger partial charge in [0, 0.05) is 12.8 Å². The maximum absolute atomic E-state index is 12.8. The molecule has 0 fully saturated rings. The Morgan fingerprint density at radius 3 is 2.37 bits per heavy atom. The number of nitrogens with one attached hydrogen (secondary N) is 1. The summed E-state index contributed by atoms with van der Waals surface area (Å²) < 4.78 is 34.8. The second-order valence-electron chi connectivity index (χ2n) is 4.43. The van der Waals surface area contributed by atoms with Gasteiger partial charge >= 0.3 is 0 Å². The number of hydrogen-bond acceptors (Lipinski definition) is 3. The largest absolute Gasteiger partial charge is 0.355 e. The molecule has 1 N–H and O–H groups in total. The smallest absolute Gasteiger partial charge is 0.227 e. The van der Waals surface area contributed by atoms with Crippen molar-refractivity contribution in [2.24, 2.45) is 0 Å². The first-order valence-electron chi connectivity index (χ1n) is 6.04. The summed E-state index contributed by atoms with van der Waals surface area (Å²) in [6.45, 7) is 1.94. The van der Waals surface area contributed by atoms with E-state index in [1.807, 2.05) is 6.92 Å². The number of rotatable bonds is 6. The molecule has 1 atom stereocenters. The van der Waals surface area contributed by atoms with E-state index in [1.54, 1.807) is 12.1 Å². The third-order valence-electron chi connectivity index (χ3n) is 2.77. The maximum Gasteiger partial charge on any atom is 0.227 e. The molecule has 0 saturated carbocycles. The van der Waals surface area contributed by atoms with E-state index in [2.05, 4.69) is 5.32 Å². The molecule has 0 radical (unpaired) electrons. The van der Waals surface area contributed by atoms with Crippen LogP contribution in [0.15, 0.2) is 24.3 Å². The van der Waals surface area contributed by atoms with Crippen molar-refractivity contribution >= 4 is 15.7 Å². The van der Waals surface area contributed by atoms with Crippen LogP contribution in [0.3, 0.4) is 0 Å². The van der Waals surface area contributed by atoms with Crippen LogP contribution in [0.4, 0.5) is 4.39 Å². The van der Waals surface area contributed by atoms with Gasteiger partial charge in [-0.15, -0.1) is 0 Å². The maximum atomic E-state index is 12.8. The third-order valence-corrected chi connectivity index (χ3v) is 3.71. The van der Waals surface area contributed by atoms with Crippen LogP contribution in [-0.4, -0.2) is 32.9 Å². The third kappa shape index (κ3) is 5.38. The number of sulfone groups is 1. The molecule has 0 aliphatic rings. The van der Waals surface area contributed by atoms with Crippen molar-refractivity contribution in [2.45, 2.75) is 19.3 Å². The highest BCUT2D eigenvalue weighted by Gasteiger charge is 2.18. The van der Waals surface area contributed by atoms with Crippen molar-refractivity contribution in [3.63, 3.8) is 0 Å². The van der Waals surface area contributed by atoms with Crippen LogP contribution < -0.4 is 5.32 Å². The van der Waals surface area contributed by atoms with Gasteiger partial charge in [-0.05, 0) is 24.1 Å². The van der Waals surface area contributed by atoms with Gasteiger partial charge < -0.3 is 5.32 Å². The number of halogens is 1. The van der Waals surface area contributed by atoms with Crippen molar-refractivity contribution in [3.8, 4) is 0 Å². The van der Waals surface area contributed by atoms with Gasteiger partial charge in [0.05, 0.1) is 11.7 Å². The minimum atomic E-state index is -3.09. The average molecular weight is 287 g/mol. The van der Waals surface area contributed by atoms with Gasteiger partial charge in [-0.2, -0.15) is 0 Å². The van der Waals surface area contributed by atoms with E-state index < -0.39 is 9.84 Å². The highest BCUT2D eigenvalue weighted by Crippen LogP contribution is 2.19. The van der Waals surface area contributed by atoms with Crippen molar-refractivity contribution < 1.29 is 17.6 Å². The molecule has 4 nitrogen and oxygen atoms in total.